The van der Waals surface area contributed by atoms with E-state index in [1.165, 1.54) is 0 Å². The van der Waals surface area contributed by atoms with Crippen molar-refractivity contribution < 1.29 is 18.8 Å². The van der Waals surface area contributed by atoms with Crippen LogP contribution in [0.15, 0.2) is 83.8 Å². The number of aryl methyl sites for hydroxylation is 1. The number of hydrogen-bond acceptors (Lipinski definition) is 7. The summed E-state index contributed by atoms with van der Waals surface area (Å²) in [6.45, 7) is 2.58. The van der Waals surface area contributed by atoms with Gasteiger partial charge < -0.3 is 23.9 Å². The van der Waals surface area contributed by atoms with E-state index in [0.29, 0.717) is 41.0 Å². The smallest absolute Gasteiger partial charge is 0.278 e. The molecule has 0 spiro atoms. The second-order valence-electron chi connectivity index (χ2n) is 8.44. The summed E-state index contributed by atoms with van der Waals surface area (Å²) in [5.41, 5.74) is 4.82. The Morgan fingerprint density at radius 3 is 2.46 bits per heavy atom. The Morgan fingerprint density at radius 1 is 0.973 bits per heavy atom. The highest BCUT2D eigenvalue weighted by Crippen LogP contribution is 2.31. The molecular formula is C28H25N5O4. The average molecular weight is 496 g/mol. The monoisotopic (exact) mass is 495 g/mol. The van der Waals surface area contributed by atoms with E-state index in [1.54, 1.807) is 32.7 Å². The van der Waals surface area contributed by atoms with Gasteiger partial charge in [-0.15, -0.1) is 0 Å². The molecule has 0 radical (unpaired) electrons. The first kappa shape index (κ1) is 23.8. The molecule has 0 aliphatic rings. The molecule has 0 saturated heterocycles. The molecule has 0 aliphatic heterocycles. The summed E-state index contributed by atoms with van der Waals surface area (Å²) < 4.78 is 18.0. The number of ether oxygens (including phenoxy) is 2. The van der Waals surface area contributed by atoms with Gasteiger partial charge in [-0.05, 0) is 55.0 Å². The molecule has 0 unspecified atom stereocenters. The van der Waals surface area contributed by atoms with Gasteiger partial charge in [0.2, 0.25) is 5.82 Å². The topological polar surface area (TPSA) is 104 Å². The van der Waals surface area contributed by atoms with Crippen molar-refractivity contribution in [2.45, 2.75) is 13.5 Å². The largest absolute Gasteiger partial charge is 0.493 e. The summed E-state index contributed by atoms with van der Waals surface area (Å²) >= 11 is 0. The molecule has 0 bridgehead atoms. The summed E-state index contributed by atoms with van der Waals surface area (Å²) in [7, 11) is 3.16. The maximum Gasteiger partial charge on any atom is 0.278 e. The minimum absolute atomic E-state index is 0.140. The summed E-state index contributed by atoms with van der Waals surface area (Å²) in [6, 6.07) is 20.6. The molecule has 1 amide bonds. The zero-order chi connectivity index (χ0) is 25.8. The molecule has 2 heterocycles. The van der Waals surface area contributed by atoms with Crippen molar-refractivity contribution in [3.05, 3.63) is 95.9 Å². The lowest BCUT2D eigenvalue weighted by atomic mass is 10.1. The number of hydrogen-bond donors (Lipinski definition) is 1. The van der Waals surface area contributed by atoms with Crippen molar-refractivity contribution in [3.63, 3.8) is 0 Å². The minimum atomic E-state index is -0.140. The highest BCUT2D eigenvalue weighted by atomic mass is 16.5. The van der Waals surface area contributed by atoms with Gasteiger partial charge in [0.15, 0.2) is 11.5 Å². The first-order valence-corrected chi connectivity index (χ1v) is 11.6. The summed E-state index contributed by atoms with van der Waals surface area (Å²) in [5, 5.41) is 7.00. The predicted molar refractivity (Wildman–Crippen MR) is 139 cm³/mol. The third-order valence-electron chi connectivity index (χ3n) is 5.81. The number of rotatable bonds is 8. The van der Waals surface area contributed by atoms with Gasteiger partial charge in [0.1, 0.15) is 5.69 Å². The number of aromatic nitrogens is 4. The van der Waals surface area contributed by atoms with Gasteiger partial charge in [-0.3, -0.25) is 4.79 Å². The predicted octanol–water partition coefficient (Wildman–Crippen LogP) is 5.23. The van der Waals surface area contributed by atoms with E-state index < -0.39 is 0 Å². The van der Waals surface area contributed by atoms with Crippen molar-refractivity contribution in [3.8, 4) is 34.5 Å². The fourth-order valence-corrected chi connectivity index (χ4v) is 3.79. The van der Waals surface area contributed by atoms with Crippen molar-refractivity contribution in [1.82, 2.24) is 19.7 Å². The third kappa shape index (κ3) is 5.35. The molecule has 2 aromatic heterocycles. The number of methoxy groups -OCH3 is 2. The first-order valence-electron chi connectivity index (χ1n) is 11.6. The maximum absolute atomic E-state index is 12.4. The van der Waals surface area contributed by atoms with Crippen LogP contribution >= 0.6 is 0 Å². The third-order valence-corrected chi connectivity index (χ3v) is 5.81. The summed E-state index contributed by atoms with van der Waals surface area (Å²) in [5.74, 6) is 1.80. The molecule has 186 valence electrons. The Balaban J connectivity index is 1.24. The molecule has 0 aliphatic carbocycles. The highest BCUT2D eigenvalue weighted by Gasteiger charge is 2.15. The van der Waals surface area contributed by atoms with Crippen LogP contribution in [0.4, 0.5) is 5.69 Å². The van der Waals surface area contributed by atoms with E-state index in [0.717, 1.165) is 22.4 Å². The Bertz CT molecular complexity index is 1520. The molecule has 0 atom stereocenters. The number of carbonyl (C=O) groups is 1. The van der Waals surface area contributed by atoms with Crippen LogP contribution in [-0.2, 0) is 6.54 Å². The van der Waals surface area contributed by atoms with E-state index >= 15 is 0 Å². The number of nitrogens with one attached hydrogen (secondary N) is 1. The summed E-state index contributed by atoms with van der Waals surface area (Å²) in [4.78, 5) is 21.3. The minimum Gasteiger partial charge on any atom is -0.493 e. The van der Waals surface area contributed by atoms with Crippen LogP contribution in [0, 0.1) is 6.92 Å². The van der Waals surface area contributed by atoms with E-state index in [2.05, 4.69) is 20.4 Å². The summed E-state index contributed by atoms with van der Waals surface area (Å²) in [6.07, 6.45) is 3.56. The van der Waals surface area contributed by atoms with Crippen LogP contribution in [0.2, 0.25) is 0 Å². The van der Waals surface area contributed by atoms with Crippen LogP contribution in [0.1, 0.15) is 21.5 Å². The van der Waals surface area contributed by atoms with Crippen molar-refractivity contribution >= 4 is 11.6 Å². The molecule has 9 nitrogen and oxygen atoms in total. The van der Waals surface area contributed by atoms with Gasteiger partial charge in [-0.25, -0.2) is 4.98 Å². The molecular weight excluding hydrogens is 470 g/mol. The first-order chi connectivity index (χ1) is 18.0. The Morgan fingerprint density at radius 2 is 1.73 bits per heavy atom. The zero-order valence-electron chi connectivity index (χ0n) is 20.6. The normalized spacial score (nSPS) is 10.8. The van der Waals surface area contributed by atoms with Crippen LogP contribution < -0.4 is 14.8 Å². The molecule has 5 aromatic rings. The lowest BCUT2D eigenvalue weighted by Gasteiger charge is -2.07. The molecule has 1 N–H and O–H groups in total. The number of anilines is 1. The Labute approximate surface area is 213 Å². The van der Waals surface area contributed by atoms with E-state index in [4.69, 9.17) is 14.0 Å². The highest BCUT2D eigenvalue weighted by molar-refractivity contribution is 6.04. The SMILES string of the molecule is COc1ccc(-c2noc(-c3cn(Cc4ccc(NC(=O)c5ccc(C)cc5)cc4)cn3)n2)cc1OC. The molecule has 0 fully saturated rings. The van der Waals surface area contributed by atoms with E-state index in [1.807, 2.05) is 72.3 Å². The van der Waals surface area contributed by atoms with Crippen molar-refractivity contribution in [2.24, 2.45) is 0 Å². The van der Waals surface area contributed by atoms with Crippen LogP contribution in [0.25, 0.3) is 23.0 Å². The fourth-order valence-electron chi connectivity index (χ4n) is 3.79. The standard InChI is InChI=1S/C28H25N5O4/c1-18-4-8-20(9-5-18)27(34)30-22-11-6-19(7-12-22)15-33-16-23(29-17-33)28-31-26(32-37-28)21-10-13-24(35-2)25(14-21)36-3/h4-14,16-17H,15H2,1-3H3,(H,30,34). The second-order valence-corrected chi connectivity index (χ2v) is 8.44. The fraction of sp³-hybridized carbons (Fsp3) is 0.143. The Hall–Kier alpha value is -4.92. The average Bonchev–Trinajstić information content (AvgIpc) is 3.60. The molecule has 9 heteroatoms. The number of amides is 1. The number of carbonyl (C=O) groups excluding carboxylic acids is 1. The van der Waals surface area contributed by atoms with Gasteiger partial charge in [-0.2, -0.15) is 4.98 Å². The van der Waals surface area contributed by atoms with Crippen LogP contribution in [0.5, 0.6) is 11.5 Å². The number of imidazole rings is 1. The van der Waals surface area contributed by atoms with Crippen molar-refractivity contribution in [1.29, 1.82) is 0 Å². The van der Waals surface area contributed by atoms with E-state index in [9.17, 15) is 4.79 Å². The zero-order valence-corrected chi connectivity index (χ0v) is 20.6. The lowest BCUT2D eigenvalue weighted by molar-refractivity contribution is 0.102. The van der Waals surface area contributed by atoms with Gasteiger partial charge in [0.05, 0.1) is 20.5 Å². The van der Waals surface area contributed by atoms with Gasteiger partial charge >= 0.3 is 0 Å². The van der Waals surface area contributed by atoms with Crippen LogP contribution in [0.3, 0.4) is 0 Å². The Kier molecular flexibility index (Phi) is 6.67. The molecule has 37 heavy (non-hydrogen) atoms. The number of benzene rings is 3. The van der Waals surface area contributed by atoms with Crippen LogP contribution in [-0.4, -0.2) is 39.8 Å². The molecule has 5 rings (SSSR count). The van der Waals surface area contributed by atoms with Gasteiger partial charge in [0.25, 0.3) is 11.8 Å². The van der Waals surface area contributed by atoms with Crippen molar-refractivity contribution in [2.75, 3.05) is 19.5 Å². The quantitative estimate of drug-likeness (QED) is 0.314. The second kappa shape index (κ2) is 10.4. The maximum atomic E-state index is 12.4. The van der Waals surface area contributed by atoms with Gasteiger partial charge in [0, 0.05) is 29.6 Å². The molecule has 3 aromatic carbocycles. The van der Waals surface area contributed by atoms with E-state index in [-0.39, 0.29) is 5.91 Å². The van der Waals surface area contributed by atoms with Gasteiger partial charge in [-0.1, -0.05) is 35.0 Å². The lowest BCUT2D eigenvalue weighted by Crippen LogP contribution is -2.11. The molecule has 0 saturated carbocycles. The number of nitrogens with zero attached hydrogens (tertiary/aromatic N) is 4.